The molecule has 49 heavy (non-hydrogen) atoms. The van der Waals surface area contributed by atoms with Gasteiger partial charge in [-0.2, -0.15) is 9.78 Å². The van der Waals surface area contributed by atoms with E-state index in [-0.39, 0.29) is 11.8 Å². The summed E-state index contributed by atoms with van der Waals surface area (Å²) in [6, 6.07) is 13.0. The van der Waals surface area contributed by atoms with Gasteiger partial charge in [0.05, 0.1) is 29.4 Å². The number of nitrogens with one attached hydrogen (secondary N) is 1. The summed E-state index contributed by atoms with van der Waals surface area (Å²) in [4.78, 5) is 42.4. The summed E-state index contributed by atoms with van der Waals surface area (Å²) < 4.78 is 19.9. The van der Waals surface area contributed by atoms with Crippen molar-refractivity contribution in [1.29, 1.82) is 0 Å². The Morgan fingerprint density at radius 1 is 0.939 bits per heavy atom. The van der Waals surface area contributed by atoms with Crippen molar-refractivity contribution in [3.8, 4) is 5.75 Å². The van der Waals surface area contributed by atoms with Crippen molar-refractivity contribution in [1.82, 2.24) is 19.6 Å². The van der Waals surface area contributed by atoms with Gasteiger partial charge in [-0.05, 0) is 109 Å². The van der Waals surface area contributed by atoms with Crippen molar-refractivity contribution in [2.45, 2.75) is 96.2 Å². The van der Waals surface area contributed by atoms with Gasteiger partial charge in [0.25, 0.3) is 0 Å². The Bertz CT molecular complexity index is 2060. The molecular formula is C37H42N6O6. The number of fused-ring (bicyclic) bond motifs is 3. The summed E-state index contributed by atoms with van der Waals surface area (Å²) >= 11 is 0. The van der Waals surface area contributed by atoms with E-state index in [1.54, 1.807) is 65.5 Å². The molecule has 4 aromatic rings. The molecule has 256 valence electrons. The standard InChI is InChI=1S/C37H42N6O6/c1-20(2)42-30(18-27(39-42)21-10-11-21)38-31-24-14-12-22(16-29(24)43(40-31)34(46)49-36(6,7)8)26-19-37(26)25-17-23(47-9)13-15-28(25)41(32(37)44)33(45)48-35(3,4)5/h12-18,21,26H,1,10-11,19H2,2-9H3,(H,38,40)/t26-,37-/m0/s1. The third kappa shape index (κ3) is 5.62. The average molecular weight is 667 g/mol. The van der Waals surface area contributed by atoms with Gasteiger partial charge in [-0.25, -0.2) is 19.2 Å². The maximum atomic E-state index is 14.3. The molecule has 2 amide bonds. The molecular weight excluding hydrogens is 624 g/mol. The zero-order valence-corrected chi connectivity index (χ0v) is 29.2. The topological polar surface area (TPSA) is 130 Å². The number of ether oxygens (including phenoxy) is 3. The first kappa shape index (κ1) is 32.4. The second-order valence-electron chi connectivity index (χ2n) is 15.3. The number of anilines is 3. The van der Waals surface area contributed by atoms with Crippen LogP contribution in [-0.2, 0) is 19.7 Å². The van der Waals surface area contributed by atoms with Gasteiger partial charge in [-0.15, -0.1) is 5.10 Å². The molecule has 3 aliphatic rings. The monoisotopic (exact) mass is 666 g/mol. The van der Waals surface area contributed by atoms with Crippen molar-refractivity contribution in [2.24, 2.45) is 0 Å². The van der Waals surface area contributed by atoms with Gasteiger partial charge < -0.3 is 19.5 Å². The fourth-order valence-corrected chi connectivity index (χ4v) is 6.67. The van der Waals surface area contributed by atoms with Gasteiger partial charge in [0.2, 0.25) is 5.91 Å². The minimum absolute atomic E-state index is 0.285. The molecule has 2 aromatic heterocycles. The number of carbonyl (C=O) groups excluding carboxylic acids is 3. The maximum absolute atomic E-state index is 14.3. The number of hydrogen-bond donors (Lipinski definition) is 1. The average Bonchev–Trinajstić information content (AvgIpc) is 3.90. The number of benzene rings is 2. The number of rotatable bonds is 6. The molecule has 12 nitrogen and oxygen atoms in total. The molecule has 2 fully saturated rings. The van der Waals surface area contributed by atoms with Crippen molar-refractivity contribution < 1.29 is 28.6 Å². The highest BCUT2D eigenvalue weighted by Gasteiger charge is 2.68. The second kappa shape index (κ2) is 10.9. The Labute approximate surface area is 285 Å². The van der Waals surface area contributed by atoms with Gasteiger partial charge in [-0.3, -0.25) is 4.79 Å². The first-order valence-electron chi connectivity index (χ1n) is 16.6. The summed E-state index contributed by atoms with van der Waals surface area (Å²) in [6.07, 6.45) is 1.31. The number of methoxy groups -OCH3 is 1. The number of aromatic nitrogens is 4. The van der Waals surface area contributed by atoms with Crippen LogP contribution in [0.2, 0.25) is 0 Å². The van der Waals surface area contributed by atoms with Gasteiger partial charge in [0.15, 0.2) is 5.82 Å². The van der Waals surface area contributed by atoms with Gasteiger partial charge in [0.1, 0.15) is 22.8 Å². The van der Waals surface area contributed by atoms with E-state index < -0.39 is 28.8 Å². The lowest BCUT2D eigenvalue weighted by molar-refractivity contribution is -0.120. The van der Waals surface area contributed by atoms with Gasteiger partial charge in [-0.1, -0.05) is 12.6 Å². The Morgan fingerprint density at radius 2 is 1.63 bits per heavy atom. The molecule has 0 bridgehead atoms. The SMILES string of the molecule is C=C(C)n1nc(C2CC2)cc1Nc1nn(C(=O)OC(C)(C)C)c2cc([C@@H]3C[C@@]34C(=O)N(C(=O)OC(C)(C)C)c3ccc(OC)cc34)ccc12. The van der Waals surface area contributed by atoms with Crippen LogP contribution in [0, 0.1) is 0 Å². The van der Waals surface area contributed by atoms with Crippen LogP contribution in [0.3, 0.4) is 0 Å². The molecule has 1 aliphatic heterocycles. The van der Waals surface area contributed by atoms with Gasteiger partial charge >= 0.3 is 12.2 Å². The Kier molecular flexibility index (Phi) is 7.24. The predicted octanol–water partition coefficient (Wildman–Crippen LogP) is 7.84. The number of carbonyl (C=O) groups is 3. The van der Waals surface area contributed by atoms with Crippen molar-refractivity contribution in [3.05, 3.63) is 65.9 Å². The molecule has 0 saturated heterocycles. The van der Waals surface area contributed by atoms with E-state index in [4.69, 9.17) is 24.4 Å². The second-order valence-corrected chi connectivity index (χ2v) is 15.3. The van der Waals surface area contributed by atoms with Gasteiger partial charge in [0, 0.05) is 29.0 Å². The first-order valence-corrected chi connectivity index (χ1v) is 16.6. The third-order valence-corrected chi connectivity index (χ3v) is 9.05. The Balaban J connectivity index is 1.30. The van der Waals surface area contributed by atoms with E-state index in [2.05, 4.69) is 11.9 Å². The highest BCUT2D eigenvalue weighted by atomic mass is 16.6. The molecule has 3 heterocycles. The fraction of sp³-hybridized carbons (Fsp3) is 0.432. The molecule has 1 N–H and O–H groups in total. The number of hydrogen-bond acceptors (Lipinski definition) is 9. The Morgan fingerprint density at radius 3 is 2.27 bits per heavy atom. The Hall–Kier alpha value is -5.13. The van der Waals surface area contributed by atoms with Crippen LogP contribution >= 0.6 is 0 Å². The number of imide groups is 1. The van der Waals surface area contributed by atoms with E-state index >= 15 is 0 Å². The number of allylic oxidation sites excluding steroid dienone is 1. The summed E-state index contributed by atoms with van der Waals surface area (Å²) in [7, 11) is 1.56. The molecule has 2 aliphatic carbocycles. The highest BCUT2D eigenvalue weighted by Crippen LogP contribution is 2.67. The van der Waals surface area contributed by atoms with E-state index in [1.807, 2.05) is 37.3 Å². The molecule has 0 radical (unpaired) electrons. The molecule has 12 heteroatoms. The van der Waals surface area contributed by atoms with Crippen LogP contribution in [-0.4, -0.2) is 56.0 Å². The van der Waals surface area contributed by atoms with Crippen LogP contribution in [0.25, 0.3) is 16.6 Å². The summed E-state index contributed by atoms with van der Waals surface area (Å²) in [5, 5.41) is 13.5. The minimum atomic E-state index is -1.00. The van der Waals surface area contributed by atoms with Crippen LogP contribution in [0.5, 0.6) is 5.75 Å². The normalized spacial score (nSPS) is 20.0. The molecule has 2 atom stereocenters. The van der Waals surface area contributed by atoms with Crippen LogP contribution in [0.15, 0.2) is 49.0 Å². The van der Waals surface area contributed by atoms with Crippen LogP contribution < -0.4 is 15.0 Å². The van der Waals surface area contributed by atoms with Crippen LogP contribution in [0.1, 0.15) is 96.4 Å². The quantitative estimate of drug-likeness (QED) is 0.219. The largest absolute Gasteiger partial charge is 0.497 e. The lowest BCUT2D eigenvalue weighted by Crippen LogP contribution is -2.41. The molecule has 7 rings (SSSR count). The fourth-order valence-electron chi connectivity index (χ4n) is 6.67. The smallest absolute Gasteiger partial charge is 0.435 e. The molecule has 1 spiro atoms. The molecule has 2 saturated carbocycles. The first-order chi connectivity index (χ1) is 23.0. The lowest BCUT2D eigenvalue weighted by Gasteiger charge is -2.24. The van der Waals surface area contributed by atoms with E-state index in [9.17, 15) is 14.4 Å². The summed E-state index contributed by atoms with van der Waals surface area (Å²) in [6.45, 7) is 16.7. The number of nitrogens with zero attached hydrogens (tertiary/aromatic N) is 5. The van der Waals surface area contributed by atoms with E-state index in [0.29, 0.717) is 51.9 Å². The highest BCUT2D eigenvalue weighted by molar-refractivity contribution is 6.23. The maximum Gasteiger partial charge on any atom is 0.435 e. The summed E-state index contributed by atoms with van der Waals surface area (Å²) in [5.41, 5.74) is 1.69. The molecule has 2 aromatic carbocycles. The molecule has 0 unspecified atom stereocenters. The van der Waals surface area contributed by atoms with Crippen molar-refractivity contribution in [2.75, 3.05) is 17.3 Å². The lowest BCUT2D eigenvalue weighted by atomic mass is 9.91. The zero-order valence-electron chi connectivity index (χ0n) is 29.2. The van der Waals surface area contributed by atoms with E-state index in [1.165, 1.54) is 4.68 Å². The minimum Gasteiger partial charge on any atom is -0.497 e. The number of amides is 2. The van der Waals surface area contributed by atoms with E-state index in [0.717, 1.165) is 34.7 Å². The predicted molar refractivity (Wildman–Crippen MR) is 186 cm³/mol. The van der Waals surface area contributed by atoms with Crippen LogP contribution in [0.4, 0.5) is 26.9 Å². The van der Waals surface area contributed by atoms with Crippen molar-refractivity contribution >= 4 is 52.0 Å². The van der Waals surface area contributed by atoms with Crippen molar-refractivity contribution in [3.63, 3.8) is 0 Å². The zero-order chi connectivity index (χ0) is 35.2. The third-order valence-electron chi connectivity index (χ3n) is 9.05. The summed E-state index contributed by atoms with van der Waals surface area (Å²) in [5.74, 6) is 1.52.